The average molecular weight is 342 g/mol. The molecule has 3 heteroatoms. The first-order valence-corrected chi connectivity index (χ1v) is 7.70. The first kappa shape index (κ1) is 14.1. The Morgan fingerprint density at radius 3 is 2.43 bits per heavy atom. The molecule has 0 bridgehead atoms. The molecule has 0 N–H and O–H groups in total. The van der Waals surface area contributed by atoms with E-state index in [4.69, 9.17) is 0 Å². The minimum atomic E-state index is 0.131. The molecule has 2 aromatic carbocycles. The molecule has 3 rings (SSSR count). The SMILES string of the molecule is Cc1ccc(C(=O)Cn2c(C)c(Br)c3ccccc32)cc1. The van der Waals surface area contributed by atoms with Crippen molar-refractivity contribution in [2.75, 3.05) is 0 Å². The number of para-hydroxylation sites is 1. The third-order valence-electron chi connectivity index (χ3n) is 3.83. The van der Waals surface area contributed by atoms with Crippen LogP contribution in [-0.4, -0.2) is 10.4 Å². The van der Waals surface area contributed by atoms with Crippen LogP contribution in [0.15, 0.2) is 53.0 Å². The molecule has 0 saturated heterocycles. The number of ketones is 1. The number of carbonyl (C=O) groups excluding carboxylic acids is 1. The van der Waals surface area contributed by atoms with Crippen molar-refractivity contribution >= 4 is 32.6 Å². The van der Waals surface area contributed by atoms with E-state index in [1.807, 2.05) is 50.2 Å². The highest BCUT2D eigenvalue weighted by Gasteiger charge is 2.14. The monoisotopic (exact) mass is 341 g/mol. The number of Topliss-reactive ketones (excluding diaryl/α,β-unsaturated/α-hetero) is 1. The number of rotatable bonds is 3. The molecule has 0 spiro atoms. The summed E-state index contributed by atoms with van der Waals surface area (Å²) in [5.41, 5.74) is 4.09. The van der Waals surface area contributed by atoms with Crippen molar-refractivity contribution in [1.29, 1.82) is 0 Å². The number of carbonyl (C=O) groups is 1. The van der Waals surface area contributed by atoms with Crippen molar-refractivity contribution in [2.24, 2.45) is 0 Å². The maximum Gasteiger partial charge on any atom is 0.182 e. The van der Waals surface area contributed by atoms with E-state index in [0.717, 1.165) is 32.2 Å². The molecular formula is C18H16BrNO. The van der Waals surface area contributed by atoms with Crippen LogP contribution >= 0.6 is 15.9 Å². The molecule has 106 valence electrons. The van der Waals surface area contributed by atoms with Crippen LogP contribution in [0, 0.1) is 13.8 Å². The highest BCUT2D eigenvalue weighted by Crippen LogP contribution is 2.30. The molecule has 0 aliphatic carbocycles. The van der Waals surface area contributed by atoms with Gasteiger partial charge in [-0.3, -0.25) is 4.79 Å². The Morgan fingerprint density at radius 1 is 1.05 bits per heavy atom. The minimum Gasteiger partial charge on any atom is -0.336 e. The fourth-order valence-electron chi connectivity index (χ4n) is 2.57. The third-order valence-corrected chi connectivity index (χ3v) is 4.83. The van der Waals surface area contributed by atoms with E-state index in [1.165, 1.54) is 0 Å². The van der Waals surface area contributed by atoms with E-state index in [0.29, 0.717) is 6.54 Å². The number of benzene rings is 2. The van der Waals surface area contributed by atoms with Gasteiger partial charge in [-0.2, -0.15) is 0 Å². The van der Waals surface area contributed by atoms with Crippen molar-refractivity contribution < 1.29 is 4.79 Å². The van der Waals surface area contributed by atoms with Crippen LogP contribution in [0.4, 0.5) is 0 Å². The highest BCUT2D eigenvalue weighted by atomic mass is 79.9. The second-order valence-electron chi connectivity index (χ2n) is 5.29. The number of halogens is 1. The Balaban J connectivity index is 2.00. The van der Waals surface area contributed by atoms with E-state index in [1.54, 1.807) is 0 Å². The molecular weight excluding hydrogens is 326 g/mol. The Hall–Kier alpha value is -1.87. The Bertz CT molecular complexity index is 815. The number of hydrogen-bond acceptors (Lipinski definition) is 1. The largest absolute Gasteiger partial charge is 0.336 e. The van der Waals surface area contributed by atoms with Crippen LogP contribution in [0.3, 0.4) is 0 Å². The summed E-state index contributed by atoms with van der Waals surface area (Å²) in [7, 11) is 0. The summed E-state index contributed by atoms with van der Waals surface area (Å²) in [6.45, 7) is 4.42. The molecule has 0 aliphatic rings. The summed E-state index contributed by atoms with van der Waals surface area (Å²) in [6.07, 6.45) is 0. The molecule has 0 atom stereocenters. The van der Waals surface area contributed by atoms with Crippen LogP contribution in [0.1, 0.15) is 21.6 Å². The lowest BCUT2D eigenvalue weighted by molar-refractivity contribution is 0.0973. The zero-order valence-corrected chi connectivity index (χ0v) is 13.6. The lowest BCUT2D eigenvalue weighted by Gasteiger charge is -2.08. The summed E-state index contributed by atoms with van der Waals surface area (Å²) in [4.78, 5) is 12.5. The van der Waals surface area contributed by atoms with Crippen LogP contribution in [0.25, 0.3) is 10.9 Å². The molecule has 0 radical (unpaired) electrons. The average Bonchev–Trinajstić information content (AvgIpc) is 2.73. The van der Waals surface area contributed by atoms with Crippen molar-refractivity contribution in [1.82, 2.24) is 4.57 Å². The van der Waals surface area contributed by atoms with E-state index in [9.17, 15) is 4.79 Å². The van der Waals surface area contributed by atoms with Gasteiger partial charge in [-0.05, 0) is 35.8 Å². The Morgan fingerprint density at radius 2 is 1.71 bits per heavy atom. The second-order valence-corrected chi connectivity index (χ2v) is 6.08. The van der Waals surface area contributed by atoms with Gasteiger partial charge >= 0.3 is 0 Å². The van der Waals surface area contributed by atoms with Crippen LogP contribution in [0.5, 0.6) is 0 Å². The molecule has 0 saturated carbocycles. The quantitative estimate of drug-likeness (QED) is 0.620. The molecule has 3 aromatic rings. The van der Waals surface area contributed by atoms with Gasteiger partial charge in [-0.1, -0.05) is 48.0 Å². The summed E-state index contributed by atoms with van der Waals surface area (Å²) < 4.78 is 3.14. The second kappa shape index (κ2) is 5.49. The van der Waals surface area contributed by atoms with Gasteiger partial charge in [0.05, 0.1) is 6.54 Å². The number of aryl methyl sites for hydroxylation is 1. The first-order valence-electron chi connectivity index (χ1n) is 6.91. The van der Waals surface area contributed by atoms with Gasteiger partial charge < -0.3 is 4.57 Å². The molecule has 21 heavy (non-hydrogen) atoms. The van der Waals surface area contributed by atoms with Crippen molar-refractivity contribution in [3.05, 3.63) is 69.8 Å². The van der Waals surface area contributed by atoms with E-state index in [-0.39, 0.29) is 5.78 Å². The zero-order valence-electron chi connectivity index (χ0n) is 12.1. The summed E-state index contributed by atoms with van der Waals surface area (Å²) in [5, 5.41) is 1.15. The third kappa shape index (κ3) is 2.54. The predicted molar refractivity (Wildman–Crippen MR) is 89.9 cm³/mol. The van der Waals surface area contributed by atoms with Gasteiger partial charge in [0.25, 0.3) is 0 Å². The summed E-state index contributed by atoms with van der Waals surface area (Å²) in [6, 6.07) is 15.9. The van der Waals surface area contributed by atoms with Crippen molar-refractivity contribution in [3.63, 3.8) is 0 Å². The number of nitrogens with zero attached hydrogens (tertiary/aromatic N) is 1. The first-order chi connectivity index (χ1) is 10.1. The Kier molecular flexibility index (Phi) is 3.68. The topological polar surface area (TPSA) is 22.0 Å². The van der Waals surface area contributed by atoms with Gasteiger partial charge in [0, 0.05) is 26.6 Å². The predicted octanol–water partition coefficient (Wildman–Crippen LogP) is 4.90. The van der Waals surface area contributed by atoms with Crippen molar-refractivity contribution in [2.45, 2.75) is 20.4 Å². The zero-order chi connectivity index (χ0) is 15.0. The van der Waals surface area contributed by atoms with Gasteiger partial charge in [0.2, 0.25) is 0 Å². The van der Waals surface area contributed by atoms with Gasteiger partial charge in [0.1, 0.15) is 0 Å². The lowest BCUT2D eigenvalue weighted by Crippen LogP contribution is -2.11. The van der Waals surface area contributed by atoms with E-state index >= 15 is 0 Å². The highest BCUT2D eigenvalue weighted by molar-refractivity contribution is 9.10. The minimum absolute atomic E-state index is 0.131. The van der Waals surface area contributed by atoms with Crippen LogP contribution in [-0.2, 0) is 6.54 Å². The molecule has 1 heterocycles. The standard InChI is InChI=1S/C18H16BrNO/c1-12-7-9-14(10-8-12)17(21)11-20-13(2)18(19)15-5-3-4-6-16(15)20/h3-10H,11H2,1-2H3. The summed E-state index contributed by atoms with van der Waals surface area (Å²) >= 11 is 3.63. The number of aromatic nitrogens is 1. The molecule has 0 aliphatic heterocycles. The molecule has 0 amide bonds. The fourth-order valence-corrected chi connectivity index (χ4v) is 3.12. The lowest BCUT2D eigenvalue weighted by atomic mass is 10.1. The molecule has 1 aromatic heterocycles. The molecule has 2 nitrogen and oxygen atoms in total. The van der Waals surface area contributed by atoms with Crippen molar-refractivity contribution in [3.8, 4) is 0 Å². The van der Waals surface area contributed by atoms with Gasteiger partial charge in [0.15, 0.2) is 5.78 Å². The van der Waals surface area contributed by atoms with Crippen LogP contribution < -0.4 is 0 Å². The number of fused-ring (bicyclic) bond motifs is 1. The maximum atomic E-state index is 12.5. The molecule has 0 fully saturated rings. The van der Waals surface area contributed by atoms with Crippen LogP contribution in [0.2, 0.25) is 0 Å². The fraction of sp³-hybridized carbons (Fsp3) is 0.167. The Labute approximate surface area is 132 Å². The van der Waals surface area contributed by atoms with E-state index < -0.39 is 0 Å². The number of hydrogen-bond donors (Lipinski definition) is 0. The maximum absolute atomic E-state index is 12.5. The van der Waals surface area contributed by atoms with Gasteiger partial charge in [-0.15, -0.1) is 0 Å². The summed E-state index contributed by atoms with van der Waals surface area (Å²) in [5.74, 6) is 0.131. The van der Waals surface area contributed by atoms with Gasteiger partial charge in [-0.25, -0.2) is 0 Å². The smallest absolute Gasteiger partial charge is 0.182 e. The van der Waals surface area contributed by atoms with E-state index in [2.05, 4.69) is 32.6 Å². The molecule has 0 unspecified atom stereocenters. The normalized spacial score (nSPS) is 11.0.